The van der Waals surface area contributed by atoms with Crippen molar-refractivity contribution in [3.8, 4) is 5.00 Å². The topological polar surface area (TPSA) is 124 Å². The van der Waals surface area contributed by atoms with Gasteiger partial charge in [-0.15, -0.1) is 11.3 Å². The highest BCUT2D eigenvalue weighted by Gasteiger charge is 2.23. The van der Waals surface area contributed by atoms with Gasteiger partial charge in [0.25, 0.3) is 5.91 Å². The number of thiophene rings is 1. The molecule has 2 aromatic heterocycles. The third kappa shape index (κ3) is 2.46. The molecule has 2 heterocycles. The summed E-state index contributed by atoms with van der Waals surface area (Å²) in [6, 6.07) is 1.29. The smallest absolute Gasteiger partial charge is 0.306 e. The minimum Gasteiger partial charge on any atom is -0.388 e. The minimum absolute atomic E-state index is 0.154. The summed E-state index contributed by atoms with van der Waals surface area (Å²) in [5.74, 6) is -0.666. The number of hydrogen-bond acceptors (Lipinski definition) is 6. The molecule has 9 heteroatoms. The fourth-order valence-electron chi connectivity index (χ4n) is 1.45. The van der Waals surface area contributed by atoms with E-state index in [4.69, 9.17) is 5.73 Å². The van der Waals surface area contributed by atoms with E-state index < -0.39 is 16.9 Å². The Morgan fingerprint density at radius 1 is 1.68 bits per heavy atom. The van der Waals surface area contributed by atoms with Crippen molar-refractivity contribution in [3.63, 3.8) is 0 Å². The van der Waals surface area contributed by atoms with Gasteiger partial charge in [0.1, 0.15) is 0 Å². The van der Waals surface area contributed by atoms with Crippen molar-refractivity contribution >= 4 is 22.9 Å². The van der Waals surface area contributed by atoms with Crippen LogP contribution in [0.15, 0.2) is 18.5 Å². The molecule has 100 valence electrons. The van der Waals surface area contributed by atoms with E-state index in [0.29, 0.717) is 4.88 Å². The van der Waals surface area contributed by atoms with Crippen LogP contribution in [0.4, 0.5) is 5.69 Å². The standard InChI is InChI=1S/C10H10N4O4S/c1-5(15)8-2-7(14(17)18)10(19-8)13-4-6(3-12-13)9(11)16/h2-5,15H,1H3,(H2,11,16)/t5-/m1/s1. The van der Waals surface area contributed by atoms with Crippen LogP contribution < -0.4 is 5.73 Å². The number of nitrogens with two attached hydrogens (primary N) is 1. The first-order valence-electron chi connectivity index (χ1n) is 5.21. The molecule has 2 aromatic rings. The Balaban J connectivity index is 2.53. The Labute approximate surface area is 111 Å². The molecule has 0 aromatic carbocycles. The van der Waals surface area contributed by atoms with Crippen molar-refractivity contribution in [2.24, 2.45) is 5.73 Å². The molecule has 0 aliphatic carbocycles. The van der Waals surface area contributed by atoms with E-state index >= 15 is 0 Å². The van der Waals surface area contributed by atoms with Gasteiger partial charge in [-0.3, -0.25) is 14.9 Å². The van der Waals surface area contributed by atoms with E-state index in [1.54, 1.807) is 0 Å². The van der Waals surface area contributed by atoms with Crippen LogP contribution in [-0.4, -0.2) is 25.7 Å². The summed E-state index contributed by atoms with van der Waals surface area (Å²) in [6.45, 7) is 1.51. The van der Waals surface area contributed by atoms with E-state index in [2.05, 4.69) is 5.10 Å². The van der Waals surface area contributed by atoms with Gasteiger partial charge in [-0.25, -0.2) is 4.68 Å². The quantitative estimate of drug-likeness (QED) is 0.639. The zero-order chi connectivity index (χ0) is 14.2. The van der Waals surface area contributed by atoms with Crippen molar-refractivity contribution in [2.45, 2.75) is 13.0 Å². The number of nitrogens with zero attached hydrogens (tertiary/aromatic N) is 3. The molecule has 19 heavy (non-hydrogen) atoms. The monoisotopic (exact) mass is 282 g/mol. The number of aliphatic hydroxyl groups is 1. The highest BCUT2D eigenvalue weighted by atomic mass is 32.1. The van der Waals surface area contributed by atoms with Crippen molar-refractivity contribution in [1.82, 2.24) is 9.78 Å². The van der Waals surface area contributed by atoms with Crippen LogP contribution in [0.3, 0.4) is 0 Å². The summed E-state index contributed by atoms with van der Waals surface area (Å²) in [5, 5.41) is 24.5. The number of aliphatic hydroxyl groups excluding tert-OH is 1. The highest BCUT2D eigenvalue weighted by molar-refractivity contribution is 7.15. The van der Waals surface area contributed by atoms with Crippen molar-refractivity contribution in [2.75, 3.05) is 0 Å². The fourth-order valence-corrected chi connectivity index (χ4v) is 2.45. The normalized spacial score (nSPS) is 12.3. The molecule has 0 saturated carbocycles. The minimum atomic E-state index is -0.816. The van der Waals surface area contributed by atoms with Gasteiger partial charge in [0.05, 0.1) is 22.8 Å². The van der Waals surface area contributed by atoms with Gasteiger partial charge in [-0.1, -0.05) is 0 Å². The first kappa shape index (κ1) is 13.2. The lowest BCUT2D eigenvalue weighted by molar-refractivity contribution is -0.384. The van der Waals surface area contributed by atoms with Crippen LogP contribution in [0.5, 0.6) is 0 Å². The summed E-state index contributed by atoms with van der Waals surface area (Å²) in [7, 11) is 0. The third-order valence-electron chi connectivity index (χ3n) is 2.40. The molecule has 3 N–H and O–H groups in total. The number of rotatable bonds is 4. The molecule has 1 atom stereocenters. The molecule has 0 aliphatic heterocycles. The molecule has 0 saturated heterocycles. The van der Waals surface area contributed by atoms with Gasteiger partial charge in [0.2, 0.25) is 0 Å². The van der Waals surface area contributed by atoms with Crippen LogP contribution in [0, 0.1) is 10.1 Å². The number of carbonyl (C=O) groups excluding carboxylic acids is 1. The fraction of sp³-hybridized carbons (Fsp3) is 0.200. The molecule has 0 aliphatic rings. The molecular weight excluding hydrogens is 272 g/mol. The van der Waals surface area contributed by atoms with Gasteiger partial charge in [-0.05, 0) is 6.92 Å². The molecule has 0 radical (unpaired) electrons. The molecule has 2 rings (SSSR count). The van der Waals surface area contributed by atoms with Crippen molar-refractivity contribution < 1.29 is 14.8 Å². The van der Waals surface area contributed by atoms with Gasteiger partial charge in [-0.2, -0.15) is 5.10 Å². The first-order chi connectivity index (χ1) is 8.90. The van der Waals surface area contributed by atoms with E-state index in [9.17, 15) is 20.0 Å². The van der Waals surface area contributed by atoms with Crippen LogP contribution in [0.25, 0.3) is 5.00 Å². The SMILES string of the molecule is C[C@@H](O)c1cc([N+](=O)[O-])c(-n2cc(C(N)=O)cn2)s1. The molecule has 0 unspecified atom stereocenters. The van der Waals surface area contributed by atoms with E-state index in [1.165, 1.54) is 30.1 Å². The molecule has 1 amide bonds. The Kier molecular flexibility index (Phi) is 3.32. The maximum Gasteiger partial charge on any atom is 0.306 e. The van der Waals surface area contributed by atoms with Gasteiger partial charge >= 0.3 is 5.69 Å². The predicted octanol–water partition coefficient (Wildman–Crippen LogP) is 0.994. The highest BCUT2D eigenvalue weighted by Crippen LogP contribution is 2.35. The van der Waals surface area contributed by atoms with Gasteiger partial charge < -0.3 is 10.8 Å². The molecule has 0 spiro atoms. The lowest BCUT2D eigenvalue weighted by atomic mass is 10.3. The zero-order valence-electron chi connectivity index (χ0n) is 9.81. The van der Waals surface area contributed by atoms with Crippen LogP contribution in [-0.2, 0) is 0 Å². The van der Waals surface area contributed by atoms with E-state index in [0.717, 1.165) is 11.3 Å². The summed E-state index contributed by atoms with van der Waals surface area (Å²) < 4.78 is 1.20. The zero-order valence-corrected chi connectivity index (χ0v) is 10.6. The van der Waals surface area contributed by atoms with Crippen LogP contribution in [0.1, 0.15) is 28.3 Å². The summed E-state index contributed by atoms with van der Waals surface area (Å²) in [4.78, 5) is 21.8. The molecule has 8 nitrogen and oxygen atoms in total. The molecular formula is C10H10N4O4S. The second-order valence-corrected chi connectivity index (χ2v) is 4.87. The number of hydrogen-bond donors (Lipinski definition) is 2. The number of aromatic nitrogens is 2. The van der Waals surface area contributed by atoms with Crippen LogP contribution >= 0.6 is 11.3 Å². The second kappa shape index (κ2) is 4.78. The lowest BCUT2D eigenvalue weighted by Crippen LogP contribution is -2.09. The number of amides is 1. The van der Waals surface area contributed by atoms with Gasteiger partial charge in [0.15, 0.2) is 5.00 Å². The predicted molar refractivity (Wildman–Crippen MR) is 67.2 cm³/mol. The Morgan fingerprint density at radius 2 is 2.37 bits per heavy atom. The maximum absolute atomic E-state index is 11.0. The summed E-state index contributed by atoms with van der Waals surface area (Å²) in [5.41, 5.74) is 5.07. The summed E-state index contributed by atoms with van der Waals surface area (Å²) in [6.07, 6.45) is 1.73. The Bertz CT molecular complexity index is 646. The third-order valence-corrected chi connectivity index (χ3v) is 3.68. The molecule has 0 fully saturated rings. The van der Waals surface area contributed by atoms with Crippen molar-refractivity contribution in [1.29, 1.82) is 0 Å². The Hall–Kier alpha value is -2.26. The lowest BCUT2D eigenvalue weighted by Gasteiger charge is -1.97. The number of nitro groups is 1. The average Bonchev–Trinajstić information content (AvgIpc) is 2.95. The Morgan fingerprint density at radius 3 is 2.84 bits per heavy atom. The summed E-state index contributed by atoms with van der Waals surface area (Å²) >= 11 is 1.03. The largest absolute Gasteiger partial charge is 0.388 e. The number of primary amides is 1. The van der Waals surface area contributed by atoms with E-state index in [1.807, 2.05) is 0 Å². The number of carbonyl (C=O) groups is 1. The molecule has 0 bridgehead atoms. The second-order valence-electron chi connectivity index (χ2n) is 3.81. The van der Waals surface area contributed by atoms with Gasteiger partial charge in [0, 0.05) is 17.1 Å². The first-order valence-corrected chi connectivity index (χ1v) is 6.03. The average molecular weight is 282 g/mol. The maximum atomic E-state index is 11.0. The van der Waals surface area contributed by atoms with Crippen molar-refractivity contribution in [3.05, 3.63) is 39.0 Å². The van der Waals surface area contributed by atoms with E-state index in [-0.39, 0.29) is 16.3 Å². The van der Waals surface area contributed by atoms with Crippen LogP contribution in [0.2, 0.25) is 0 Å².